The van der Waals surface area contributed by atoms with Crippen LogP contribution in [0.2, 0.25) is 0 Å². The predicted molar refractivity (Wildman–Crippen MR) is 92.3 cm³/mol. The van der Waals surface area contributed by atoms with Crippen molar-refractivity contribution in [2.75, 3.05) is 0 Å². The fourth-order valence-corrected chi connectivity index (χ4v) is 2.89. The minimum absolute atomic E-state index is 0.120. The second kappa shape index (κ2) is 9.30. The number of benzene rings is 1. The number of fused-ring (bicyclic) bond motifs is 1. The summed E-state index contributed by atoms with van der Waals surface area (Å²) in [5, 5.41) is 19.6. The molecule has 2 rings (SSSR count). The standard InChI is InChI=1S/C17H22O5.C2H6/c1-10-4-3-5-11(2)22-16(21)8-12-7-13(18)9-15(20)17(12)14(19)6-10;1-2/h7,9-11,18,20H,3-6,8H2,1-2H3;1-2H3/t10?,11-;/m0./s1. The third-order valence-corrected chi connectivity index (χ3v) is 3.97. The maximum Gasteiger partial charge on any atom is 0.310 e. The summed E-state index contributed by atoms with van der Waals surface area (Å²) < 4.78 is 5.32. The van der Waals surface area contributed by atoms with Crippen LogP contribution in [0.4, 0.5) is 0 Å². The van der Waals surface area contributed by atoms with Gasteiger partial charge in [-0.3, -0.25) is 9.59 Å². The van der Waals surface area contributed by atoms with Gasteiger partial charge in [-0.1, -0.05) is 27.2 Å². The number of carbonyl (C=O) groups is 2. The second-order valence-electron chi connectivity index (χ2n) is 6.14. The summed E-state index contributed by atoms with van der Waals surface area (Å²) in [6, 6.07) is 2.47. The van der Waals surface area contributed by atoms with E-state index < -0.39 is 5.97 Å². The van der Waals surface area contributed by atoms with Crippen molar-refractivity contribution in [2.24, 2.45) is 5.92 Å². The number of esters is 1. The molecule has 0 saturated carbocycles. The van der Waals surface area contributed by atoms with Gasteiger partial charge in [0.1, 0.15) is 11.5 Å². The number of Topliss-reactive ketones (excluding diaryl/α,β-unsaturated/α-hetero) is 1. The summed E-state index contributed by atoms with van der Waals surface area (Å²) in [5.74, 6) is -0.937. The Kier molecular flexibility index (Phi) is 7.75. The largest absolute Gasteiger partial charge is 0.508 e. The first kappa shape index (κ1) is 20.0. The van der Waals surface area contributed by atoms with Crippen molar-refractivity contribution in [1.29, 1.82) is 0 Å². The first-order valence-electron chi connectivity index (χ1n) is 8.64. The van der Waals surface area contributed by atoms with Gasteiger partial charge in [0.15, 0.2) is 5.78 Å². The van der Waals surface area contributed by atoms with Crippen molar-refractivity contribution in [1.82, 2.24) is 0 Å². The van der Waals surface area contributed by atoms with E-state index in [2.05, 4.69) is 0 Å². The van der Waals surface area contributed by atoms with Gasteiger partial charge in [0.05, 0.1) is 18.1 Å². The minimum atomic E-state index is -0.458. The number of carbonyl (C=O) groups excluding carboxylic acids is 2. The van der Waals surface area contributed by atoms with Crippen LogP contribution in [-0.2, 0) is 16.0 Å². The topological polar surface area (TPSA) is 83.8 Å². The number of ether oxygens (including phenoxy) is 1. The molecule has 0 spiro atoms. The van der Waals surface area contributed by atoms with Crippen molar-refractivity contribution in [3.63, 3.8) is 0 Å². The van der Waals surface area contributed by atoms with E-state index in [0.29, 0.717) is 12.0 Å². The lowest BCUT2D eigenvalue weighted by molar-refractivity contribution is -0.147. The number of hydrogen-bond donors (Lipinski definition) is 2. The van der Waals surface area contributed by atoms with E-state index in [1.54, 1.807) is 0 Å². The van der Waals surface area contributed by atoms with Crippen LogP contribution in [0.3, 0.4) is 0 Å². The quantitative estimate of drug-likeness (QED) is 0.700. The first-order valence-corrected chi connectivity index (χ1v) is 8.64. The van der Waals surface area contributed by atoms with Crippen molar-refractivity contribution < 1.29 is 24.5 Å². The fourth-order valence-electron chi connectivity index (χ4n) is 2.89. The Morgan fingerprint density at radius 2 is 1.75 bits per heavy atom. The van der Waals surface area contributed by atoms with Crippen LogP contribution >= 0.6 is 0 Å². The second-order valence-corrected chi connectivity index (χ2v) is 6.14. The third kappa shape index (κ3) is 5.55. The lowest BCUT2D eigenvalue weighted by Gasteiger charge is -2.19. The van der Waals surface area contributed by atoms with Gasteiger partial charge in [-0.05, 0) is 37.3 Å². The molecule has 0 bridgehead atoms. The predicted octanol–water partition coefficient (Wildman–Crippen LogP) is 3.99. The summed E-state index contributed by atoms with van der Waals surface area (Å²) in [5.41, 5.74) is 0.433. The maximum atomic E-state index is 12.4. The molecule has 0 fully saturated rings. The highest BCUT2D eigenvalue weighted by molar-refractivity contribution is 6.01. The van der Waals surface area contributed by atoms with Crippen LogP contribution in [0.5, 0.6) is 11.5 Å². The molecule has 0 aliphatic carbocycles. The van der Waals surface area contributed by atoms with E-state index in [-0.39, 0.29) is 41.3 Å². The molecule has 0 aromatic heterocycles. The molecule has 5 nitrogen and oxygen atoms in total. The summed E-state index contributed by atoms with van der Waals surface area (Å²) in [4.78, 5) is 24.4. The summed E-state index contributed by atoms with van der Waals surface area (Å²) in [7, 11) is 0. The number of rotatable bonds is 0. The van der Waals surface area contributed by atoms with Crippen LogP contribution in [0.15, 0.2) is 12.1 Å². The molecule has 1 aliphatic rings. The van der Waals surface area contributed by atoms with Crippen molar-refractivity contribution >= 4 is 11.8 Å². The normalized spacial score (nSPS) is 22.2. The van der Waals surface area contributed by atoms with Crippen molar-refractivity contribution in [2.45, 2.75) is 65.9 Å². The van der Waals surface area contributed by atoms with Gasteiger partial charge in [-0.15, -0.1) is 0 Å². The van der Waals surface area contributed by atoms with Crippen LogP contribution in [0.25, 0.3) is 0 Å². The molecular weight excluding hydrogens is 308 g/mol. The van der Waals surface area contributed by atoms with E-state index in [4.69, 9.17) is 4.74 Å². The monoisotopic (exact) mass is 336 g/mol. The first-order chi connectivity index (χ1) is 11.4. The van der Waals surface area contributed by atoms with Gasteiger partial charge in [0.25, 0.3) is 0 Å². The van der Waals surface area contributed by atoms with Gasteiger partial charge in [-0.25, -0.2) is 0 Å². The van der Waals surface area contributed by atoms with Gasteiger partial charge in [0, 0.05) is 12.5 Å². The number of aromatic hydroxyl groups is 2. The van der Waals surface area contributed by atoms with Crippen LogP contribution in [-0.4, -0.2) is 28.1 Å². The SMILES string of the molecule is CC.CC1CCC[C@H](C)OC(=O)Cc2cc(O)cc(O)c2C(=O)C1. The van der Waals surface area contributed by atoms with E-state index in [0.717, 1.165) is 25.3 Å². The molecule has 1 aliphatic heterocycles. The van der Waals surface area contributed by atoms with Gasteiger partial charge >= 0.3 is 5.97 Å². The summed E-state index contributed by atoms with van der Waals surface area (Å²) in [6.07, 6.45) is 2.52. The molecule has 0 radical (unpaired) electrons. The molecule has 0 saturated heterocycles. The average molecular weight is 336 g/mol. The molecule has 1 aromatic carbocycles. The number of phenolic OH excluding ortho intramolecular Hbond substituents is 2. The Balaban J connectivity index is 0.00000139. The molecule has 134 valence electrons. The average Bonchev–Trinajstić information content (AvgIpc) is 2.47. The Hall–Kier alpha value is -2.04. The number of ketones is 1. The highest BCUT2D eigenvalue weighted by Gasteiger charge is 2.23. The molecule has 2 N–H and O–H groups in total. The highest BCUT2D eigenvalue weighted by Crippen LogP contribution is 2.31. The maximum absolute atomic E-state index is 12.4. The van der Waals surface area contributed by atoms with Crippen molar-refractivity contribution in [3.05, 3.63) is 23.3 Å². The zero-order chi connectivity index (χ0) is 18.3. The van der Waals surface area contributed by atoms with Crippen LogP contribution < -0.4 is 0 Å². The molecule has 0 amide bonds. The molecule has 1 heterocycles. The Bertz CT molecular complexity index is 579. The molecule has 1 aromatic rings. The smallest absolute Gasteiger partial charge is 0.310 e. The van der Waals surface area contributed by atoms with Crippen molar-refractivity contribution in [3.8, 4) is 11.5 Å². The number of hydrogen-bond acceptors (Lipinski definition) is 5. The summed E-state index contributed by atoms with van der Waals surface area (Å²) in [6.45, 7) is 7.85. The molecule has 5 heteroatoms. The van der Waals surface area contributed by atoms with Crippen LogP contribution in [0, 0.1) is 5.92 Å². The van der Waals surface area contributed by atoms with E-state index in [1.165, 1.54) is 6.07 Å². The van der Waals surface area contributed by atoms with E-state index >= 15 is 0 Å². The zero-order valence-corrected chi connectivity index (χ0v) is 15.0. The molecule has 24 heavy (non-hydrogen) atoms. The number of cyclic esters (lactones) is 1. The Morgan fingerprint density at radius 1 is 1.08 bits per heavy atom. The Morgan fingerprint density at radius 3 is 2.42 bits per heavy atom. The molecular formula is C19H28O5. The van der Waals surface area contributed by atoms with Crippen LogP contribution in [0.1, 0.15) is 69.3 Å². The van der Waals surface area contributed by atoms with Gasteiger partial charge < -0.3 is 14.9 Å². The molecule has 2 atom stereocenters. The zero-order valence-electron chi connectivity index (χ0n) is 15.0. The third-order valence-electron chi connectivity index (χ3n) is 3.97. The highest BCUT2D eigenvalue weighted by atomic mass is 16.5. The van der Waals surface area contributed by atoms with E-state index in [9.17, 15) is 19.8 Å². The lowest BCUT2D eigenvalue weighted by atomic mass is 9.91. The number of phenols is 2. The fraction of sp³-hybridized carbons (Fsp3) is 0.579. The van der Waals surface area contributed by atoms with Gasteiger partial charge in [0.2, 0.25) is 0 Å². The van der Waals surface area contributed by atoms with Gasteiger partial charge in [-0.2, -0.15) is 0 Å². The Labute approximate surface area is 143 Å². The molecule has 1 unspecified atom stereocenters. The minimum Gasteiger partial charge on any atom is -0.508 e. The van der Waals surface area contributed by atoms with E-state index in [1.807, 2.05) is 27.7 Å². The summed E-state index contributed by atoms with van der Waals surface area (Å²) >= 11 is 0. The lowest BCUT2D eigenvalue weighted by Crippen LogP contribution is -2.20.